The van der Waals surface area contributed by atoms with E-state index in [1.807, 2.05) is 32.0 Å². The summed E-state index contributed by atoms with van der Waals surface area (Å²) in [5.41, 5.74) is 3.53. The molecule has 10 heteroatoms. The SMILES string of the molecule is CCOC(=O)Cn1c(=NC(=O)Cc2ccc(C)cc2C)sc2cc(S(N)(=O)=O)ccc21. The minimum Gasteiger partial charge on any atom is -0.465 e. The highest BCUT2D eigenvalue weighted by Crippen LogP contribution is 2.21. The van der Waals surface area contributed by atoms with E-state index in [0.29, 0.717) is 10.2 Å². The Bertz CT molecular complexity index is 1340. The third-order valence-corrected chi connectivity index (χ3v) is 6.59. The number of carbonyl (C=O) groups is 2. The zero-order valence-corrected chi connectivity index (χ0v) is 19.0. The summed E-state index contributed by atoms with van der Waals surface area (Å²) in [6.45, 7) is 5.68. The fourth-order valence-electron chi connectivity index (χ4n) is 3.16. The molecule has 0 unspecified atom stereocenters. The highest BCUT2D eigenvalue weighted by molar-refractivity contribution is 7.89. The van der Waals surface area contributed by atoms with Crippen LogP contribution in [0.25, 0.3) is 10.2 Å². The molecule has 1 amide bonds. The summed E-state index contributed by atoms with van der Waals surface area (Å²) in [7, 11) is -3.89. The van der Waals surface area contributed by atoms with Gasteiger partial charge < -0.3 is 9.30 Å². The van der Waals surface area contributed by atoms with Crippen LogP contribution in [0.2, 0.25) is 0 Å². The summed E-state index contributed by atoms with van der Waals surface area (Å²) >= 11 is 1.11. The molecule has 1 aromatic heterocycles. The predicted octanol–water partition coefficient (Wildman–Crippen LogP) is 2.20. The zero-order valence-electron chi connectivity index (χ0n) is 17.4. The van der Waals surface area contributed by atoms with Gasteiger partial charge >= 0.3 is 5.97 Å². The average Bonchev–Trinajstić information content (AvgIpc) is 3.00. The Morgan fingerprint density at radius 1 is 1.16 bits per heavy atom. The highest BCUT2D eigenvalue weighted by Gasteiger charge is 2.16. The summed E-state index contributed by atoms with van der Waals surface area (Å²) in [6, 6.07) is 10.1. The summed E-state index contributed by atoms with van der Waals surface area (Å²) in [6.07, 6.45) is 0.113. The molecule has 0 saturated heterocycles. The molecule has 31 heavy (non-hydrogen) atoms. The van der Waals surface area contributed by atoms with Crippen molar-refractivity contribution in [3.05, 3.63) is 57.9 Å². The molecule has 0 atom stereocenters. The van der Waals surface area contributed by atoms with E-state index < -0.39 is 16.0 Å². The van der Waals surface area contributed by atoms with E-state index in [0.717, 1.165) is 28.0 Å². The number of benzene rings is 2. The molecule has 3 aromatic rings. The number of carbonyl (C=O) groups excluding carboxylic acids is 2. The first-order valence-electron chi connectivity index (χ1n) is 9.54. The van der Waals surface area contributed by atoms with E-state index in [2.05, 4.69) is 4.99 Å². The van der Waals surface area contributed by atoms with Crippen LogP contribution < -0.4 is 9.94 Å². The first-order chi connectivity index (χ1) is 14.6. The van der Waals surface area contributed by atoms with Gasteiger partial charge in [-0.3, -0.25) is 9.59 Å². The van der Waals surface area contributed by atoms with E-state index in [1.165, 1.54) is 12.1 Å². The van der Waals surface area contributed by atoms with Crippen LogP contribution in [0.5, 0.6) is 0 Å². The maximum absolute atomic E-state index is 12.7. The van der Waals surface area contributed by atoms with E-state index in [1.54, 1.807) is 17.6 Å². The average molecular weight is 462 g/mol. The van der Waals surface area contributed by atoms with Gasteiger partial charge in [0.25, 0.3) is 5.91 Å². The number of primary sulfonamides is 1. The molecule has 2 aromatic carbocycles. The van der Waals surface area contributed by atoms with Gasteiger partial charge in [-0.2, -0.15) is 4.99 Å². The van der Waals surface area contributed by atoms with Crippen LogP contribution >= 0.6 is 11.3 Å². The third kappa shape index (κ3) is 5.46. The smallest absolute Gasteiger partial charge is 0.326 e. The van der Waals surface area contributed by atoms with Gasteiger partial charge in [-0.25, -0.2) is 13.6 Å². The minimum atomic E-state index is -3.89. The van der Waals surface area contributed by atoms with Crippen molar-refractivity contribution < 1.29 is 22.7 Å². The van der Waals surface area contributed by atoms with E-state index in [-0.39, 0.29) is 35.2 Å². The number of nitrogens with zero attached hydrogens (tertiary/aromatic N) is 2. The molecule has 0 aliphatic heterocycles. The Morgan fingerprint density at radius 2 is 1.90 bits per heavy atom. The number of hydrogen-bond acceptors (Lipinski definition) is 6. The first-order valence-corrected chi connectivity index (χ1v) is 11.9. The molecule has 0 aliphatic carbocycles. The lowest BCUT2D eigenvalue weighted by Gasteiger charge is -2.06. The van der Waals surface area contributed by atoms with Gasteiger partial charge in [0.1, 0.15) is 6.54 Å². The maximum Gasteiger partial charge on any atom is 0.326 e. The molecule has 164 valence electrons. The minimum absolute atomic E-state index is 0.0577. The topological polar surface area (TPSA) is 121 Å². The lowest BCUT2D eigenvalue weighted by Crippen LogP contribution is -2.23. The van der Waals surface area contributed by atoms with Gasteiger partial charge in [0.05, 0.1) is 28.1 Å². The Hall–Kier alpha value is -2.82. The van der Waals surface area contributed by atoms with Gasteiger partial charge in [-0.1, -0.05) is 35.1 Å². The number of esters is 1. The molecule has 0 saturated carbocycles. The number of sulfonamides is 1. The van der Waals surface area contributed by atoms with Gasteiger partial charge in [-0.15, -0.1) is 0 Å². The number of aromatic nitrogens is 1. The number of rotatable bonds is 6. The van der Waals surface area contributed by atoms with Crippen LogP contribution in [-0.2, 0) is 37.3 Å². The Kier molecular flexibility index (Phi) is 6.73. The second kappa shape index (κ2) is 9.13. The zero-order chi connectivity index (χ0) is 22.8. The summed E-state index contributed by atoms with van der Waals surface area (Å²) in [5, 5.41) is 5.22. The number of thiazole rings is 1. The van der Waals surface area contributed by atoms with E-state index in [9.17, 15) is 18.0 Å². The van der Waals surface area contributed by atoms with Gasteiger partial charge in [-0.05, 0) is 50.1 Å². The number of nitrogens with two attached hydrogens (primary N) is 1. The summed E-state index contributed by atoms with van der Waals surface area (Å²) in [4.78, 5) is 29.2. The fourth-order valence-corrected chi connectivity index (χ4v) is 4.86. The molecule has 1 heterocycles. The quantitative estimate of drug-likeness (QED) is 0.564. The molecular formula is C21H23N3O5S2. The van der Waals surface area contributed by atoms with Crippen molar-refractivity contribution >= 4 is 43.5 Å². The monoisotopic (exact) mass is 461 g/mol. The van der Waals surface area contributed by atoms with Crippen molar-refractivity contribution in [1.29, 1.82) is 0 Å². The molecule has 0 fully saturated rings. The summed E-state index contributed by atoms with van der Waals surface area (Å²) in [5.74, 6) is -0.858. The Balaban J connectivity index is 2.07. The van der Waals surface area contributed by atoms with Crippen molar-refractivity contribution in [2.24, 2.45) is 10.1 Å². The van der Waals surface area contributed by atoms with Crippen molar-refractivity contribution in [2.75, 3.05) is 6.61 Å². The fraction of sp³-hybridized carbons (Fsp3) is 0.286. The molecule has 2 N–H and O–H groups in total. The number of fused-ring (bicyclic) bond motifs is 1. The first kappa shape index (κ1) is 22.9. The van der Waals surface area contributed by atoms with Gasteiger partial charge in [0, 0.05) is 0 Å². The van der Waals surface area contributed by atoms with Crippen molar-refractivity contribution in [3.63, 3.8) is 0 Å². The normalized spacial score (nSPS) is 12.3. The van der Waals surface area contributed by atoms with Crippen LogP contribution in [0.1, 0.15) is 23.6 Å². The Labute approximate surface area is 184 Å². The number of amides is 1. The summed E-state index contributed by atoms with van der Waals surface area (Å²) < 4.78 is 30.5. The van der Waals surface area contributed by atoms with Crippen LogP contribution in [0.15, 0.2) is 46.3 Å². The molecule has 8 nitrogen and oxygen atoms in total. The van der Waals surface area contributed by atoms with Crippen molar-refractivity contribution in [3.8, 4) is 0 Å². The third-order valence-electron chi connectivity index (χ3n) is 4.64. The number of ether oxygens (including phenoxy) is 1. The largest absolute Gasteiger partial charge is 0.465 e. The van der Waals surface area contributed by atoms with Crippen molar-refractivity contribution in [2.45, 2.75) is 38.6 Å². The van der Waals surface area contributed by atoms with Crippen LogP contribution in [0.4, 0.5) is 0 Å². The van der Waals surface area contributed by atoms with Crippen LogP contribution in [0, 0.1) is 13.8 Å². The van der Waals surface area contributed by atoms with E-state index >= 15 is 0 Å². The number of aryl methyl sites for hydroxylation is 2. The molecule has 0 radical (unpaired) electrons. The molecule has 0 bridgehead atoms. The standard InChI is InChI=1S/C21H23N3O5S2/c1-4-29-20(26)12-24-17-8-7-16(31(22,27)28)11-18(17)30-21(24)23-19(25)10-15-6-5-13(2)9-14(15)3/h5-9,11H,4,10,12H2,1-3H3,(H2,22,27,28). The van der Waals surface area contributed by atoms with Crippen LogP contribution in [0.3, 0.4) is 0 Å². The lowest BCUT2D eigenvalue weighted by molar-refractivity contribution is -0.143. The second-order valence-electron chi connectivity index (χ2n) is 7.06. The van der Waals surface area contributed by atoms with Gasteiger partial charge in [0.15, 0.2) is 4.80 Å². The highest BCUT2D eigenvalue weighted by atomic mass is 32.2. The molecule has 0 spiro atoms. The molecular weight excluding hydrogens is 438 g/mol. The predicted molar refractivity (Wildman–Crippen MR) is 118 cm³/mol. The Morgan fingerprint density at radius 3 is 2.55 bits per heavy atom. The van der Waals surface area contributed by atoms with Gasteiger partial charge in [0.2, 0.25) is 10.0 Å². The van der Waals surface area contributed by atoms with E-state index in [4.69, 9.17) is 9.88 Å². The lowest BCUT2D eigenvalue weighted by atomic mass is 10.0. The maximum atomic E-state index is 12.7. The van der Waals surface area contributed by atoms with Crippen molar-refractivity contribution in [1.82, 2.24) is 4.57 Å². The molecule has 0 aliphatic rings. The number of hydrogen-bond donors (Lipinski definition) is 1. The molecule has 3 rings (SSSR count). The second-order valence-corrected chi connectivity index (χ2v) is 9.63. The van der Waals surface area contributed by atoms with Crippen LogP contribution in [-0.4, -0.2) is 31.5 Å².